The van der Waals surface area contributed by atoms with E-state index >= 15 is 0 Å². The zero-order valence-corrected chi connectivity index (χ0v) is 12.2. The molecule has 4 nitrogen and oxygen atoms in total. The maximum Gasteiger partial charge on any atom is 0.313 e. The van der Waals surface area contributed by atoms with Crippen LogP contribution in [0.1, 0.15) is 46.0 Å². The quantitative estimate of drug-likeness (QED) is 0.720. The Balaban J connectivity index is 2.17. The SMILES string of the molecule is COC(=O)C12CC3(C)CC(C)(C1)CC2(C(=O)OC)C3. The normalized spacial score (nSPS) is 50.3. The van der Waals surface area contributed by atoms with Gasteiger partial charge in [-0.2, -0.15) is 0 Å². The van der Waals surface area contributed by atoms with Crippen LogP contribution in [-0.4, -0.2) is 26.2 Å². The van der Waals surface area contributed by atoms with Crippen molar-refractivity contribution in [2.45, 2.75) is 46.0 Å². The van der Waals surface area contributed by atoms with E-state index in [1.807, 2.05) is 0 Å². The number of hydrogen-bond donors (Lipinski definition) is 0. The largest absolute Gasteiger partial charge is 0.469 e. The molecule has 0 atom stereocenters. The summed E-state index contributed by atoms with van der Waals surface area (Å²) >= 11 is 0. The Kier molecular flexibility index (Phi) is 2.27. The first-order chi connectivity index (χ1) is 8.75. The summed E-state index contributed by atoms with van der Waals surface area (Å²) in [5.74, 6) is -0.435. The number of rotatable bonds is 2. The predicted octanol–water partition coefficient (Wildman–Crippen LogP) is 2.31. The van der Waals surface area contributed by atoms with E-state index in [-0.39, 0.29) is 22.8 Å². The van der Waals surface area contributed by atoms with E-state index in [1.165, 1.54) is 14.2 Å². The molecular formula is C15H22O4. The zero-order valence-electron chi connectivity index (χ0n) is 12.2. The average Bonchev–Trinajstić information content (AvgIpc) is 2.63. The van der Waals surface area contributed by atoms with E-state index in [2.05, 4.69) is 13.8 Å². The Bertz CT molecular complexity index is 411. The van der Waals surface area contributed by atoms with Crippen LogP contribution in [0, 0.1) is 21.7 Å². The van der Waals surface area contributed by atoms with E-state index < -0.39 is 10.8 Å². The first-order valence-corrected chi connectivity index (χ1v) is 6.92. The molecule has 0 heterocycles. The fourth-order valence-electron chi connectivity index (χ4n) is 6.19. The predicted molar refractivity (Wildman–Crippen MR) is 68.2 cm³/mol. The molecule has 0 spiro atoms. The van der Waals surface area contributed by atoms with Gasteiger partial charge < -0.3 is 9.47 Å². The standard InChI is InChI=1S/C15H22O4/c1-12-5-13(2)8-14(6-12,10(16)18-3)15(7-12,9-13)11(17)19-4/h5-9H2,1-4H3. The first kappa shape index (κ1) is 12.9. The molecule has 4 aliphatic carbocycles. The number of ether oxygens (including phenoxy) is 2. The maximum atomic E-state index is 12.5. The number of esters is 2. The van der Waals surface area contributed by atoms with Gasteiger partial charge in [-0.05, 0) is 42.9 Å². The molecule has 4 saturated carbocycles. The summed E-state index contributed by atoms with van der Waals surface area (Å²) in [6.45, 7) is 4.40. The van der Waals surface area contributed by atoms with Crippen molar-refractivity contribution in [3.63, 3.8) is 0 Å². The van der Waals surface area contributed by atoms with E-state index in [0.29, 0.717) is 0 Å². The molecule has 0 N–H and O–H groups in total. The van der Waals surface area contributed by atoms with Gasteiger partial charge >= 0.3 is 11.9 Å². The van der Waals surface area contributed by atoms with Gasteiger partial charge in [-0.1, -0.05) is 13.8 Å². The lowest BCUT2D eigenvalue weighted by atomic mass is 9.61. The molecule has 0 saturated heterocycles. The highest BCUT2D eigenvalue weighted by atomic mass is 16.5. The molecule has 106 valence electrons. The molecule has 0 aromatic rings. The number of hydrogen-bond acceptors (Lipinski definition) is 4. The highest BCUT2D eigenvalue weighted by Crippen LogP contribution is 2.80. The third-order valence-electron chi connectivity index (χ3n) is 5.84. The molecule has 0 radical (unpaired) electrons. The van der Waals surface area contributed by atoms with Crippen LogP contribution in [0.2, 0.25) is 0 Å². The van der Waals surface area contributed by atoms with Crippen molar-refractivity contribution in [3.05, 3.63) is 0 Å². The molecule has 4 heteroatoms. The summed E-state index contributed by atoms with van der Waals surface area (Å²) < 4.78 is 10.1. The van der Waals surface area contributed by atoms with E-state index in [9.17, 15) is 9.59 Å². The second-order valence-electron chi connectivity index (χ2n) is 7.65. The minimum Gasteiger partial charge on any atom is -0.469 e. The van der Waals surface area contributed by atoms with E-state index in [1.54, 1.807) is 0 Å². The van der Waals surface area contributed by atoms with Crippen molar-refractivity contribution >= 4 is 11.9 Å². The minimum atomic E-state index is -0.656. The lowest BCUT2D eigenvalue weighted by Gasteiger charge is -2.43. The molecule has 4 aliphatic rings. The molecule has 0 aromatic carbocycles. The first-order valence-electron chi connectivity index (χ1n) is 6.92. The molecule has 0 amide bonds. The van der Waals surface area contributed by atoms with Crippen LogP contribution < -0.4 is 0 Å². The summed E-state index contributed by atoms with van der Waals surface area (Å²) in [5.41, 5.74) is -1.19. The van der Waals surface area contributed by atoms with Crippen LogP contribution in [0.3, 0.4) is 0 Å². The summed E-state index contributed by atoms with van der Waals surface area (Å²) in [5, 5.41) is 0. The van der Waals surface area contributed by atoms with Gasteiger partial charge in [-0.3, -0.25) is 9.59 Å². The smallest absolute Gasteiger partial charge is 0.313 e. The number of carbonyl (C=O) groups excluding carboxylic acids is 2. The number of methoxy groups -OCH3 is 2. The summed E-state index contributed by atoms with van der Waals surface area (Å²) in [4.78, 5) is 24.9. The molecule has 4 bridgehead atoms. The maximum absolute atomic E-state index is 12.5. The highest BCUT2D eigenvalue weighted by molar-refractivity contribution is 5.91. The molecule has 0 aromatic heterocycles. The van der Waals surface area contributed by atoms with Crippen LogP contribution in [0.4, 0.5) is 0 Å². The lowest BCUT2D eigenvalue weighted by Crippen LogP contribution is -2.46. The van der Waals surface area contributed by atoms with Crippen molar-refractivity contribution < 1.29 is 19.1 Å². The van der Waals surface area contributed by atoms with Gasteiger partial charge in [0.1, 0.15) is 0 Å². The van der Waals surface area contributed by atoms with Crippen LogP contribution in [0.5, 0.6) is 0 Å². The summed E-state index contributed by atoms with van der Waals surface area (Å²) in [6.07, 6.45) is 4.14. The molecule has 4 rings (SSSR count). The Morgan fingerprint density at radius 2 is 1.05 bits per heavy atom. The van der Waals surface area contributed by atoms with Crippen LogP contribution in [0.15, 0.2) is 0 Å². The highest BCUT2D eigenvalue weighted by Gasteiger charge is 2.80. The van der Waals surface area contributed by atoms with Crippen molar-refractivity contribution in [2.75, 3.05) is 14.2 Å². The summed E-state index contributed by atoms with van der Waals surface area (Å²) in [6, 6.07) is 0. The molecule has 0 unspecified atom stereocenters. The molecule has 0 aliphatic heterocycles. The van der Waals surface area contributed by atoms with E-state index in [4.69, 9.17) is 9.47 Å². The Morgan fingerprint density at radius 3 is 1.32 bits per heavy atom. The topological polar surface area (TPSA) is 52.6 Å². The Hall–Kier alpha value is -1.06. The molecule has 4 fully saturated rings. The second-order valence-corrected chi connectivity index (χ2v) is 7.65. The van der Waals surface area contributed by atoms with Crippen LogP contribution >= 0.6 is 0 Å². The second kappa shape index (κ2) is 3.33. The molecular weight excluding hydrogens is 244 g/mol. The fraction of sp³-hybridized carbons (Fsp3) is 0.867. The van der Waals surface area contributed by atoms with E-state index in [0.717, 1.165) is 32.1 Å². The fourth-order valence-corrected chi connectivity index (χ4v) is 6.19. The van der Waals surface area contributed by atoms with Gasteiger partial charge in [-0.15, -0.1) is 0 Å². The minimum absolute atomic E-state index is 0.0631. The Morgan fingerprint density at radius 1 is 0.737 bits per heavy atom. The Labute approximate surface area is 113 Å². The monoisotopic (exact) mass is 266 g/mol. The third-order valence-corrected chi connectivity index (χ3v) is 5.84. The van der Waals surface area contributed by atoms with Crippen molar-refractivity contribution in [3.8, 4) is 0 Å². The third kappa shape index (κ3) is 1.30. The van der Waals surface area contributed by atoms with Gasteiger partial charge in [0.2, 0.25) is 0 Å². The van der Waals surface area contributed by atoms with Gasteiger partial charge in [-0.25, -0.2) is 0 Å². The van der Waals surface area contributed by atoms with Crippen molar-refractivity contribution in [1.82, 2.24) is 0 Å². The van der Waals surface area contributed by atoms with Gasteiger partial charge in [0.25, 0.3) is 0 Å². The number of carbonyl (C=O) groups is 2. The van der Waals surface area contributed by atoms with Gasteiger partial charge in [0.05, 0.1) is 25.0 Å². The molecule has 19 heavy (non-hydrogen) atoms. The van der Waals surface area contributed by atoms with Crippen LogP contribution in [-0.2, 0) is 19.1 Å². The van der Waals surface area contributed by atoms with Gasteiger partial charge in [0.15, 0.2) is 0 Å². The average molecular weight is 266 g/mol. The van der Waals surface area contributed by atoms with Crippen LogP contribution in [0.25, 0.3) is 0 Å². The van der Waals surface area contributed by atoms with Crippen molar-refractivity contribution in [1.29, 1.82) is 0 Å². The van der Waals surface area contributed by atoms with Gasteiger partial charge in [0, 0.05) is 0 Å². The van der Waals surface area contributed by atoms with Crippen molar-refractivity contribution in [2.24, 2.45) is 21.7 Å². The zero-order chi connectivity index (χ0) is 14.1. The lowest BCUT2D eigenvalue weighted by molar-refractivity contribution is -0.172. The summed E-state index contributed by atoms with van der Waals surface area (Å²) in [7, 11) is 2.85.